The van der Waals surface area contributed by atoms with Gasteiger partial charge in [-0.05, 0) is 6.92 Å². The van der Waals surface area contributed by atoms with E-state index in [1.54, 1.807) is 0 Å². The summed E-state index contributed by atoms with van der Waals surface area (Å²) >= 11 is 0. The van der Waals surface area contributed by atoms with Gasteiger partial charge in [-0.1, -0.05) is 0 Å². The van der Waals surface area contributed by atoms with Gasteiger partial charge in [-0.15, -0.1) is 0 Å². The lowest BCUT2D eigenvalue weighted by Crippen LogP contribution is -2.49. The Morgan fingerprint density at radius 1 is 0.295 bits per heavy atom. The molecule has 0 aliphatic heterocycles. The zero-order valence-electron chi connectivity index (χ0n) is 27.4. The van der Waals surface area contributed by atoms with Gasteiger partial charge in [-0.3, -0.25) is 43.2 Å². The number of carbonyl (C=O) groups excluding carboxylic acids is 9. The van der Waals surface area contributed by atoms with Crippen molar-refractivity contribution in [3.8, 4) is 0 Å². The Kier molecular flexibility index (Phi) is 16.3. The van der Waals surface area contributed by atoms with Crippen molar-refractivity contribution in [3.63, 3.8) is 0 Å². The van der Waals surface area contributed by atoms with Crippen LogP contribution in [0.25, 0.3) is 0 Å². The molecule has 0 fully saturated rings. The lowest BCUT2D eigenvalue weighted by atomic mass is 10.3. The molecule has 0 unspecified atom stereocenters. The van der Waals surface area contributed by atoms with E-state index in [0.717, 1.165) is 29.4 Å². The molecule has 44 heavy (non-hydrogen) atoms. The summed E-state index contributed by atoms with van der Waals surface area (Å²) < 4.78 is 0. The molecule has 0 saturated heterocycles. The molecular weight excluding hydrogens is 580 g/mol. The van der Waals surface area contributed by atoms with Crippen LogP contribution in [0.3, 0.4) is 0 Å². The highest BCUT2D eigenvalue weighted by Crippen LogP contribution is 1.99. The number of hydrogen-bond acceptors (Lipinski definition) is 9. The number of Topliss-reactive ketones (excluding diaryl/α,β-unsaturated/α-hetero) is 1. The first-order valence-electron chi connectivity index (χ1n) is 13.6. The maximum Gasteiger partial charge on any atom is 0.242 e. The summed E-state index contributed by atoms with van der Waals surface area (Å²) in [5, 5.41) is 0. The second kappa shape index (κ2) is 18.2. The second-order valence-corrected chi connectivity index (χ2v) is 10.8. The van der Waals surface area contributed by atoms with Gasteiger partial charge in [-0.25, -0.2) is 0 Å². The van der Waals surface area contributed by atoms with Crippen LogP contribution >= 0.6 is 0 Å². The Morgan fingerprint density at radius 3 is 0.614 bits per heavy atom. The molecule has 0 bridgehead atoms. The summed E-state index contributed by atoms with van der Waals surface area (Å²) in [4.78, 5) is 119. The zero-order valence-corrected chi connectivity index (χ0v) is 27.4. The standard InChI is InChI=1S/C27H46N8O9/c1-19(36)11-29(4)22(39)13-31(6)24(41)15-33(8)26(43)17-35(10)27(44)18-34(9)25(42)16-32(7)23(40)14-30(5)21(38)12-28(3)20(2)37/h11-18H2,1-10H3. The van der Waals surface area contributed by atoms with E-state index < -0.39 is 41.4 Å². The van der Waals surface area contributed by atoms with Crippen molar-refractivity contribution in [1.29, 1.82) is 0 Å². The molecule has 0 saturated carbocycles. The van der Waals surface area contributed by atoms with Crippen molar-refractivity contribution in [1.82, 2.24) is 39.2 Å². The van der Waals surface area contributed by atoms with Gasteiger partial charge in [0.05, 0.1) is 52.4 Å². The van der Waals surface area contributed by atoms with E-state index in [1.807, 2.05) is 0 Å². The molecule has 8 amide bonds. The Balaban J connectivity index is 4.79. The number of rotatable bonds is 16. The molecule has 17 heteroatoms. The number of carbonyl (C=O) groups is 9. The lowest BCUT2D eigenvalue weighted by molar-refractivity contribution is -0.146. The van der Waals surface area contributed by atoms with Crippen LogP contribution < -0.4 is 0 Å². The van der Waals surface area contributed by atoms with Crippen LogP contribution in [-0.4, -0.2) is 201 Å². The number of amides is 8. The van der Waals surface area contributed by atoms with Gasteiger partial charge in [0.15, 0.2) is 0 Å². The minimum atomic E-state index is -0.570. The molecule has 0 N–H and O–H groups in total. The highest BCUT2D eigenvalue weighted by atomic mass is 16.2. The summed E-state index contributed by atoms with van der Waals surface area (Å²) in [6.45, 7) is 0.270. The van der Waals surface area contributed by atoms with Gasteiger partial charge in [0, 0.05) is 63.3 Å². The molecule has 17 nitrogen and oxygen atoms in total. The second-order valence-electron chi connectivity index (χ2n) is 10.8. The third-order valence-electron chi connectivity index (χ3n) is 6.58. The van der Waals surface area contributed by atoms with E-state index in [9.17, 15) is 43.2 Å². The minimum Gasteiger partial charge on any atom is -0.337 e. The summed E-state index contributed by atoms with van der Waals surface area (Å²) in [5.74, 6) is -4.16. The topological polar surface area (TPSA) is 180 Å². The Bertz CT molecular complexity index is 1130. The SMILES string of the molecule is CC(=O)CN(C)C(=O)CN(C)C(=O)CN(C)C(=O)CN(C)C(=O)CN(C)C(=O)CN(C)C(=O)CN(C)C(=O)CN(C)C(C)=O. The Morgan fingerprint density at radius 2 is 0.455 bits per heavy atom. The van der Waals surface area contributed by atoms with Crippen molar-refractivity contribution in [2.75, 3.05) is 109 Å². The van der Waals surface area contributed by atoms with Gasteiger partial charge in [0.1, 0.15) is 5.78 Å². The zero-order chi connectivity index (χ0) is 34.5. The number of likely N-dealkylation sites (N-methyl/N-ethyl adjacent to an activating group) is 8. The fraction of sp³-hybridized carbons (Fsp3) is 0.667. The van der Waals surface area contributed by atoms with Crippen LogP contribution in [0.2, 0.25) is 0 Å². The van der Waals surface area contributed by atoms with E-state index in [-0.39, 0.29) is 64.0 Å². The molecule has 0 radical (unpaired) electrons. The Labute approximate surface area is 258 Å². The number of hydrogen-bond donors (Lipinski definition) is 0. The molecule has 0 aromatic carbocycles. The highest BCUT2D eigenvalue weighted by molar-refractivity contribution is 5.93. The molecule has 0 aliphatic rings. The van der Waals surface area contributed by atoms with E-state index in [4.69, 9.17) is 0 Å². The van der Waals surface area contributed by atoms with Crippen molar-refractivity contribution in [3.05, 3.63) is 0 Å². The quantitative estimate of drug-likeness (QED) is 0.166. The average Bonchev–Trinajstić information content (AvgIpc) is 2.91. The normalized spacial score (nSPS) is 10.2. The maximum absolute atomic E-state index is 12.7. The van der Waals surface area contributed by atoms with Crippen molar-refractivity contribution in [2.45, 2.75) is 13.8 Å². The first-order chi connectivity index (χ1) is 20.2. The number of ketones is 1. The largest absolute Gasteiger partial charge is 0.337 e. The highest BCUT2D eigenvalue weighted by Gasteiger charge is 2.25. The Hall–Kier alpha value is -4.57. The summed E-state index contributed by atoms with van der Waals surface area (Å²) in [6.07, 6.45) is 0. The van der Waals surface area contributed by atoms with Gasteiger partial charge < -0.3 is 39.2 Å². The summed E-state index contributed by atoms with van der Waals surface area (Å²) in [5.41, 5.74) is 0. The van der Waals surface area contributed by atoms with E-state index in [2.05, 4.69) is 0 Å². The fourth-order valence-electron chi connectivity index (χ4n) is 3.33. The van der Waals surface area contributed by atoms with Crippen molar-refractivity contribution in [2.24, 2.45) is 0 Å². The molecule has 0 aromatic heterocycles. The molecule has 248 valence electrons. The van der Waals surface area contributed by atoms with E-state index in [1.165, 1.54) is 80.0 Å². The predicted molar refractivity (Wildman–Crippen MR) is 157 cm³/mol. The molecule has 0 spiro atoms. The first kappa shape index (κ1) is 39.4. The maximum atomic E-state index is 12.7. The average molecular weight is 627 g/mol. The molecule has 0 aromatic rings. The summed E-state index contributed by atoms with van der Waals surface area (Å²) in [6, 6.07) is 0. The van der Waals surface area contributed by atoms with Crippen molar-refractivity contribution >= 4 is 53.0 Å². The van der Waals surface area contributed by atoms with E-state index >= 15 is 0 Å². The molecular formula is C27H46N8O9. The summed E-state index contributed by atoms with van der Waals surface area (Å²) in [7, 11) is 11.1. The molecule has 0 rings (SSSR count). The van der Waals surface area contributed by atoms with Crippen LogP contribution in [0.5, 0.6) is 0 Å². The fourth-order valence-corrected chi connectivity index (χ4v) is 3.33. The monoisotopic (exact) mass is 626 g/mol. The molecule has 0 aliphatic carbocycles. The van der Waals surface area contributed by atoms with Gasteiger partial charge in [0.2, 0.25) is 47.3 Å². The van der Waals surface area contributed by atoms with Crippen LogP contribution in [0, 0.1) is 0 Å². The van der Waals surface area contributed by atoms with Crippen LogP contribution in [-0.2, 0) is 43.2 Å². The smallest absolute Gasteiger partial charge is 0.242 e. The van der Waals surface area contributed by atoms with Crippen LogP contribution in [0.15, 0.2) is 0 Å². The third-order valence-corrected chi connectivity index (χ3v) is 6.58. The molecule has 0 heterocycles. The minimum absolute atomic E-state index is 0.0861. The van der Waals surface area contributed by atoms with Gasteiger partial charge in [-0.2, -0.15) is 0 Å². The van der Waals surface area contributed by atoms with Crippen LogP contribution in [0.4, 0.5) is 0 Å². The van der Waals surface area contributed by atoms with Crippen molar-refractivity contribution < 1.29 is 43.2 Å². The van der Waals surface area contributed by atoms with Crippen LogP contribution in [0.1, 0.15) is 13.8 Å². The number of nitrogens with zero attached hydrogens (tertiary/aromatic N) is 8. The van der Waals surface area contributed by atoms with Gasteiger partial charge >= 0.3 is 0 Å². The first-order valence-corrected chi connectivity index (χ1v) is 13.6. The van der Waals surface area contributed by atoms with E-state index in [0.29, 0.717) is 0 Å². The third kappa shape index (κ3) is 14.1. The predicted octanol–water partition coefficient (Wildman–Crippen LogP) is -3.74. The lowest BCUT2D eigenvalue weighted by Gasteiger charge is -2.27. The molecule has 0 atom stereocenters. The van der Waals surface area contributed by atoms with Gasteiger partial charge in [0.25, 0.3) is 0 Å².